The second-order valence-electron chi connectivity index (χ2n) is 9.88. The van der Waals surface area contributed by atoms with Crippen molar-refractivity contribution in [2.24, 2.45) is 0 Å². The molecule has 1 aliphatic rings. The first kappa shape index (κ1) is 25.4. The number of aromatic nitrogens is 2. The number of anilines is 1. The second kappa shape index (κ2) is 10.3. The molecular weight excluding hydrogens is 486 g/mol. The highest BCUT2D eigenvalue weighted by molar-refractivity contribution is 7.22. The number of fused-ring (bicyclic) bond motifs is 1. The lowest BCUT2D eigenvalue weighted by Gasteiger charge is -2.23. The number of aryl methyl sites for hydroxylation is 1. The fourth-order valence-electron chi connectivity index (χ4n) is 4.90. The third kappa shape index (κ3) is 4.53. The number of carboxylic acids is 1. The number of carboxylic acid groups (broad SMARTS) is 1. The molecule has 0 fully saturated rings. The summed E-state index contributed by atoms with van der Waals surface area (Å²) in [6.07, 6.45) is 3.27. The average Bonchev–Trinajstić information content (AvgIpc) is 3.30. The van der Waals surface area contributed by atoms with Crippen LogP contribution in [0.5, 0.6) is 5.75 Å². The molecule has 5 rings (SSSR count). The maximum Gasteiger partial charge on any atom is 0.337 e. The topological polar surface area (TPSA) is 84.8 Å². The van der Waals surface area contributed by atoms with Crippen LogP contribution in [0.15, 0.2) is 30.5 Å². The van der Waals surface area contributed by atoms with Crippen molar-refractivity contribution in [1.29, 1.82) is 0 Å². The summed E-state index contributed by atoms with van der Waals surface area (Å²) in [6.45, 7) is 9.28. The van der Waals surface area contributed by atoms with E-state index >= 15 is 0 Å². The van der Waals surface area contributed by atoms with Crippen LogP contribution in [0, 0.1) is 6.92 Å². The smallest absolute Gasteiger partial charge is 0.337 e. The summed E-state index contributed by atoms with van der Waals surface area (Å²) < 4.78 is 12.9. The second-order valence-corrected chi connectivity index (χ2v) is 10.9. The Balaban J connectivity index is 1.84. The molecule has 0 bridgehead atoms. The Hall–Kier alpha value is -3.23. The highest BCUT2D eigenvalue weighted by Gasteiger charge is 2.31. The fourth-order valence-corrected chi connectivity index (χ4v) is 6.12. The van der Waals surface area contributed by atoms with Gasteiger partial charge in [0.2, 0.25) is 0 Å². The summed E-state index contributed by atoms with van der Waals surface area (Å²) in [4.78, 5) is 24.5. The van der Waals surface area contributed by atoms with Gasteiger partial charge in [-0.1, -0.05) is 24.7 Å². The number of benzene rings is 2. The van der Waals surface area contributed by atoms with E-state index in [0.29, 0.717) is 18.8 Å². The molecule has 4 aromatic rings. The highest BCUT2D eigenvalue weighted by atomic mass is 32.1. The molecule has 0 saturated carbocycles. The number of aliphatic carboxylic acids is 1. The standard InChI is InChI=1S/C29H33N3O4S/c1-6-7-13-36-26(28(33)34)22-17(4)15-20-27(37-29(31-20)32(5)16(2)3)24(22)19-8-9-21-23-18(11-14-35-21)10-12-30-25(19)23/h8-10,12,15-16,26H,6-7,11,13-14H2,1-5H3,(H,33,34)/t26-/m1/s1. The van der Waals surface area contributed by atoms with Crippen molar-refractivity contribution >= 4 is 43.6 Å². The summed E-state index contributed by atoms with van der Waals surface area (Å²) in [5.41, 5.74) is 6.07. The van der Waals surface area contributed by atoms with Crippen molar-refractivity contribution in [3.05, 3.63) is 47.2 Å². The van der Waals surface area contributed by atoms with Crippen LogP contribution >= 0.6 is 11.3 Å². The van der Waals surface area contributed by atoms with Gasteiger partial charge in [-0.15, -0.1) is 0 Å². The quantitative estimate of drug-likeness (QED) is 0.251. The molecule has 1 aliphatic heterocycles. The summed E-state index contributed by atoms with van der Waals surface area (Å²) in [7, 11) is 2.03. The van der Waals surface area contributed by atoms with Crippen LogP contribution in [-0.4, -0.2) is 47.3 Å². The van der Waals surface area contributed by atoms with E-state index in [0.717, 1.165) is 68.0 Å². The van der Waals surface area contributed by atoms with Crippen molar-refractivity contribution in [2.45, 2.75) is 59.1 Å². The Labute approximate surface area is 221 Å². The Bertz CT molecular complexity index is 1470. The van der Waals surface area contributed by atoms with Gasteiger partial charge >= 0.3 is 5.97 Å². The Kier molecular flexibility index (Phi) is 7.05. The molecule has 0 radical (unpaired) electrons. The minimum absolute atomic E-state index is 0.271. The first-order valence-corrected chi connectivity index (χ1v) is 13.7. The maximum absolute atomic E-state index is 12.6. The SMILES string of the molecule is CCCCO[C@@H](C(=O)O)c1c(C)cc2nc(N(C)C(C)C)sc2c1-c1ccc2c3c(ccnc13)CCO2. The van der Waals surface area contributed by atoms with Crippen LogP contribution in [-0.2, 0) is 16.0 Å². The zero-order valence-corrected chi connectivity index (χ0v) is 22.8. The van der Waals surface area contributed by atoms with E-state index in [1.165, 1.54) is 5.56 Å². The van der Waals surface area contributed by atoms with Crippen molar-refractivity contribution in [2.75, 3.05) is 25.2 Å². The third-order valence-corrected chi connectivity index (χ3v) is 8.28. The van der Waals surface area contributed by atoms with Crippen LogP contribution in [0.4, 0.5) is 5.13 Å². The van der Waals surface area contributed by atoms with Gasteiger partial charge in [0.1, 0.15) is 5.75 Å². The Morgan fingerprint density at radius 3 is 2.84 bits per heavy atom. The molecule has 8 heteroatoms. The van der Waals surface area contributed by atoms with E-state index in [4.69, 9.17) is 19.4 Å². The van der Waals surface area contributed by atoms with Crippen molar-refractivity contribution in [1.82, 2.24) is 9.97 Å². The molecule has 0 saturated heterocycles. The predicted octanol–water partition coefficient (Wildman–Crippen LogP) is 6.54. The maximum atomic E-state index is 12.6. The predicted molar refractivity (Wildman–Crippen MR) is 149 cm³/mol. The van der Waals surface area contributed by atoms with Gasteiger partial charge in [0.05, 0.1) is 22.3 Å². The van der Waals surface area contributed by atoms with Gasteiger partial charge in [-0.2, -0.15) is 0 Å². The molecule has 0 unspecified atom stereocenters. The highest BCUT2D eigenvalue weighted by Crippen LogP contribution is 2.47. The monoisotopic (exact) mass is 519 g/mol. The lowest BCUT2D eigenvalue weighted by atomic mass is 9.89. The summed E-state index contributed by atoms with van der Waals surface area (Å²) in [6, 6.07) is 8.29. The van der Waals surface area contributed by atoms with Crippen LogP contribution in [0.25, 0.3) is 32.2 Å². The molecule has 1 atom stereocenters. The molecule has 2 aromatic heterocycles. The van der Waals surface area contributed by atoms with Crippen molar-refractivity contribution < 1.29 is 19.4 Å². The number of pyridine rings is 1. The van der Waals surface area contributed by atoms with Gasteiger partial charge in [-0.3, -0.25) is 4.98 Å². The largest absolute Gasteiger partial charge is 0.493 e. The van der Waals surface area contributed by atoms with Gasteiger partial charge in [0.25, 0.3) is 0 Å². The lowest BCUT2D eigenvalue weighted by molar-refractivity contribution is -0.151. The Morgan fingerprint density at radius 1 is 1.30 bits per heavy atom. The molecule has 0 amide bonds. The summed E-state index contributed by atoms with van der Waals surface area (Å²) in [5, 5.41) is 12.2. The fraction of sp³-hybridized carbons (Fsp3) is 0.414. The number of nitrogens with zero attached hydrogens (tertiary/aromatic N) is 3. The van der Waals surface area contributed by atoms with Crippen molar-refractivity contribution in [3.63, 3.8) is 0 Å². The van der Waals surface area contributed by atoms with Crippen molar-refractivity contribution in [3.8, 4) is 16.9 Å². The molecule has 2 aromatic carbocycles. The van der Waals surface area contributed by atoms with E-state index in [1.54, 1.807) is 11.3 Å². The van der Waals surface area contributed by atoms with Crippen LogP contribution in [0.2, 0.25) is 0 Å². The molecule has 37 heavy (non-hydrogen) atoms. The zero-order chi connectivity index (χ0) is 26.3. The van der Waals surface area contributed by atoms with Gasteiger partial charge < -0.3 is 19.5 Å². The molecule has 3 heterocycles. The first-order valence-electron chi connectivity index (χ1n) is 12.9. The van der Waals surface area contributed by atoms with Crippen LogP contribution < -0.4 is 9.64 Å². The molecule has 7 nitrogen and oxygen atoms in total. The number of rotatable bonds is 9. The van der Waals surface area contributed by atoms with E-state index in [1.807, 2.05) is 44.4 Å². The number of hydrogen-bond donors (Lipinski definition) is 1. The summed E-state index contributed by atoms with van der Waals surface area (Å²) in [5.74, 6) is -0.181. The molecule has 0 spiro atoms. The first-order chi connectivity index (χ1) is 17.8. The van der Waals surface area contributed by atoms with E-state index in [-0.39, 0.29) is 6.04 Å². The van der Waals surface area contributed by atoms with Gasteiger partial charge in [0.15, 0.2) is 11.2 Å². The van der Waals surface area contributed by atoms with E-state index in [9.17, 15) is 9.90 Å². The number of unbranched alkanes of at least 4 members (excludes halogenated alkanes) is 1. The minimum Gasteiger partial charge on any atom is -0.493 e. The molecular formula is C29H33N3O4S. The molecule has 0 aliphatic carbocycles. The molecule has 194 valence electrons. The van der Waals surface area contributed by atoms with Gasteiger partial charge in [-0.05, 0) is 62.6 Å². The van der Waals surface area contributed by atoms with E-state index in [2.05, 4.69) is 25.7 Å². The van der Waals surface area contributed by atoms with E-state index < -0.39 is 12.1 Å². The van der Waals surface area contributed by atoms with Crippen LogP contribution in [0.3, 0.4) is 0 Å². The zero-order valence-electron chi connectivity index (χ0n) is 22.0. The number of carbonyl (C=O) groups is 1. The summed E-state index contributed by atoms with van der Waals surface area (Å²) >= 11 is 1.58. The number of thiazole rings is 1. The van der Waals surface area contributed by atoms with Gasteiger partial charge in [0, 0.05) is 54.4 Å². The van der Waals surface area contributed by atoms with Gasteiger partial charge in [-0.25, -0.2) is 9.78 Å². The number of hydrogen-bond acceptors (Lipinski definition) is 7. The lowest BCUT2D eigenvalue weighted by Crippen LogP contribution is -2.25. The van der Waals surface area contributed by atoms with Crippen LogP contribution in [0.1, 0.15) is 56.4 Å². The molecule has 1 N–H and O–H groups in total. The Morgan fingerprint density at radius 2 is 2.11 bits per heavy atom. The normalized spacial score (nSPS) is 13.8. The average molecular weight is 520 g/mol. The third-order valence-electron chi connectivity index (χ3n) is 7.10. The number of ether oxygens (including phenoxy) is 2. The minimum atomic E-state index is -1.10.